The third-order valence-corrected chi connectivity index (χ3v) is 7.13. The SMILES string of the molecule is CCN(CC)CCN(C(=O)CSc1ccc(Cl)cc1)c1nc2c(OC)cccc2s1.Cl. The molecule has 168 valence electrons. The van der Waals surface area contributed by atoms with Crippen molar-refractivity contribution in [1.29, 1.82) is 0 Å². The highest BCUT2D eigenvalue weighted by Crippen LogP contribution is 2.34. The predicted octanol–water partition coefficient (Wildman–Crippen LogP) is 5.85. The molecule has 0 spiro atoms. The molecular formula is C22H27Cl2N3O2S2. The molecule has 0 atom stereocenters. The summed E-state index contributed by atoms with van der Waals surface area (Å²) in [5.74, 6) is 1.11. The van der Waals surface area contributed by atoms with E-state index < -0.39 is 0 Å². The van der Waals surface area contributed by atoms with E-state index in [4.69, 9.17) is 21.3 Å². The van der Waals surface area contributed by atoms with Crippen molar-refractivity contribution < 1.29 is 9.53 Å². The topological polar surface area (TPSA) is 45.7 Å². The molecule has 1 amide bonds. The van der Waals surface area contributed by atoms with Gasteiger partial charge in [0.25, 0.3) is 0 Å². The van der Waals surface area contributed by atoms with E-state index in [1.165, 1.54) is 23.1 Å². The van der Waals surface area contributed by atoms with E-state index in [9.17, 15) is 4.79 Å². The van der Waals surface area contributed by atoms with Crippen LogP contribution in [0.4, 0.5) is 5.13 Å². The van der Waals surface area contributed by atoms with Crippen LogP contribution in [0, 0.1) is 0 Å². The summed E-state index contributed by atoms with van der Waals surface area (Å²) in [6.45, 7) is 7.57. The molecule has 0 saturated carbocycles. The van der Waals surface area contributed by atoms with Gasteiger partial charge in [0.1, 0.15) is 11.3 Å². The number of benzene rings is 2. The molecule has 31 heavy (non-hydrogen) atoms. The molecule has 3 aromatic rings. The van der Waals surface area contributed by atoms with E-state index in [1.54, 1.807) is 7.11 Å². The minimum atomic E-state index is 0. The Hall–Kier alpha value is -1.51. The number of para-hydroxylation sites is 1. The summed E-state index contributed by atoms with van der Waals surface area (Å²) in [5, 5.41) is 1.40. The van der Waals surface area contributed by atoms with Crippen LogP contribution in [0.25, 0.3) is 10.2 Å². The van der Waals surface area contributed by atoms with Crippen molar-refractivity contribution in [1.82, 2.24) is 9.88 Å². The van der Waals surface area contributed by atoms with E-state index >= 15 is 0 Å². The lowest BCUT2D eigenvalue weighted by Gasteiger charge is -2.24. The Morgan fingerprint density at radius 3 is 2.48 bits per heavy atom. The number of likely N-dealkylation sites (N-methyl/N-ethyl adjacent to an activating group) is 1. The normalized spacial score (nSPS) is 10.9. The zero-order valence-electron chi connectivity index (χ0n) is 17.8. The van der Waals surface area contributed by atoms with Gasteiger partial charge in [0, 0.05) is 23.0 Å². The second kappa shape index (κ2) is 12.5. The molecule has 0 saturated heterocycles. The highest BCUT2D eigenvalue weighted by atomic mass is 35.5. The number of amides is 1. The van der Waals surface area contributed by atoms with Crippen LogP contribution >= 0.6 is 47.1 Å². The molecule has 5 nitrogen and oxygen atoms in total. The number of carbonyl (C=O) groups is 1. The van der Waals surface area contributed by atoms with Gasteiger partial charge in [-0.2, -0.15) is 0 Å². The molecule has 1 aromatic heterocycles. The summed E-state index contributed by atoms with van der Waals surface area (Å²) < 4.78 is 6.46. The van der Waals surface area contributed by atoms with Crippen LogP contribution in [-0.4, -0.2) is 54.8 Å². The second-order valence-electron chi connectivity index (χ2n) is 6.62. The second-order valence-corrected chi connectivity index (χ2v) is 9.11. The first-order valence-corrected chi connectivity index (χ1v) is 12.1. The number of hydrogen-bond acceptors (Lipinski definition) is 6. The van der Waals surface area contributed by atoms with Gasteiger partial charge in [0.15, 0.2) is 5.13 Å². The molecule has 0 aliphatic heterocycles. The van der Waals surface area contributed by atoms with E-state index in [-0.39, 0.29) is 18.3 Å². The van der Waals surface area contributed by atoms with Gasteiger partial charge in [-0.3, -0.25) is 9.69 Å². The van der Waals surface area contributed by atoms with Gasteiger partial charge in [-0.25, -0.2) is 4.98 Å². The fourth-order valence-corrected chi connectivity index (χ4v) is 4.98. The van der Waals surface area contributed by atoms with Crippen molar-refractivity contribution in [3.05, 3.63) is 47.5 Å². The first-order valence-electron chi connectivity index (χ1n) is 9.90. The first kappa shape index (κ1) is 25.7. The fourth-order valence-electron chi connectivity index (χ4n) is 3.05. The molecule has 2 aromatic carbocycles. The summed E-state index contributed by atoms with van der Waals surface area (Å²) in [7, 11) is 1.64. The Morgan fingerprint density at radius 1 is 1.13 bits per heavy atom. The number of thioether (sulfide) groups is 1. The quantitative estimate of drug-likeness (QED) is 0.327. The maximum Gasteiger partial charge on any atom is 0.239 e. The number of ether oxygens (including phenoxy) is 1. The number of methoxy groups -OCH3 is 1. The third kappa shape index (κ3) is 6.73. The lowest BCUT2D eigenvalue weighted by atomic mass is 10.3. The highest BCUT2D eigenvalue weighted by Gasteiger charge is 2.21. The molecular weight excluding hydrogens is 473 g/mol. The molecule has 0 unspecified atom stereocenters. The number of anilines is 1. The first-order chi connectivity index (χ1) is 14.5. The van der Waals surface area contributed by atoms with E-state index in [0.717, 1.165) is 40.5 Å². The lowest BCUT2D eigenvalue weighted by Crippen LogP contribution is -2.39. The monoisotopic (exact) mass is 499 g/mol. The van der Waals surface area contributed by atoms with E-state index in [1.807, 2.05) is 47.4 Å². The summed E-state index contributed by atoms with van der Waals surface area (Å²) >= 11 is 8.99. The molecule has 0 aliphatic carbocycles. The van der Waals surface area contributed by atoms with Gasteiger partial charge >= 0.3 is 0 Å². The van der Waals surface area contributed by atoms with E-state index in [2.05, 4.69) is 18.7 Å². The smallest absolute Gasteiger partial charge is 0.239 e. The Kier molecular flexibility index (Phi) is 10.4. The number of rotatable bonds is 10. The Morgan fingerprint density at radius 2 is 1.84 bits per heavy atom. The van der Waals surface area contributed by atoms with Crippen molar-refractivity contribution in [3.63, 3.8) is 0 Å². The zero-order chi connectivity index (χ0) is 21.5. The van der Waals surface area contributed by atoms with Gasteiger partial charge in [0.2, 0.25) is 5.91 Å². The van der Waals surface area contributed by atoms with Gasteiger partial charge in [0.05, 0.1) is 17.6 Å². The molecule has 9 heteroatoms. The number of hydrogen-bond donors (Lipinski definition) is 0. The Balaban J connectivity index is 0.00000341. The molecule has 0 radical (unpaired) electrons. The summed E-state index contributed by atoms with van der Waals surface area (Å²) in [6, 6.07) is 13.4. The van der Waals surface area contributed by atoms with Crippen molar-refractivity contribution >= 4 is 68.4 Å². The minimum Gasteiger partial charge on any atom is -0.494 e. The number of fused-ring (bicyclic) bond motifs is 1. The number of halogens is 2. The van der Waals surface area contributed by atoms with Crippen LogP contribution in [0.3, 0.4) is 0 Å². The number of carbonyl (C=O) groups excluding carboxylic acids is 1. The standard InChI is InChI=1S/C22H26ClN3O2S2.ClH/c1-4-25(5-2)13-14-26(20(27)15-29-17-11-9-16(23)10-12-17)22-24-21-18(28-3)7-6-8-19(21)30-22;/h6-12H,4-5,13-15H2,1-3H3;1H. The van der Waals surface area contributed by atoms with Crippen molar-refractivity contribution in [2.24, 2.45) is 0 Å². The van der Waals surface area contributed by atoms with Gasteiger partial charge < -0.3 is 9.64 Å². The lowest BCUT2D eigenvalue weighted by molar-refractivity contribution is -0.116. The third-order valence-electron chi connectivity index (χ3n) is 4.83. The van der Waals surface area contributed by atoms with Gasteiger partial charge in [-0.1, -0.05) is 42.9 Å². The fraction of sp³-hybridized carbons (Fsp3) is 0.364. The molecule has 0 N–H and O–H groups in total. The Labute approximate surface area is 203 Å². The van der Waals surface area contributed by atoms with Crippen LogP contribution in [0.1, 0.15) is 13.8 Å². The van der Waals surface area contributed by atoms with Crippen molar-refractivity contribution in [3.8, 4) is 5.75 Å². The summed E-state index contributed by atoms with van der Waals surface area (Å²) in [6.07, 6.45) is 0. The molecule has 0 aliphatic rings. The summed E-state index contributed by atoms with van der Waals surface area (Å²) in [4.78, 5) is 23.1. The molecule has 0 bridgehead atoms. The van der Waals surface area contributed by atoms with E-state index in [0.29, 0.717) is 22.5 Å². The molecule has 3 rings (SSSR count). The van der Waals surface area contributed by atoms with Gasteiger partial charge in [-0.15, -0.1) is 24.2 Å². The van der Waals surface area contributed by atoms with Crippen LogP contribution < -0.4 is 9.64 Å². The number of thiazole rings is 1. The average Bonchev–Trinajstić information content (AvgIpc) is 3.20. The molecule has 0 fully saturated rings. The highest BCUT2D eigenvalue weighted by molar-refractivity contribution is 8.00. The maximum absolute atomic E-state index is 13.2. The number of aromatic nitrogens is 1. The maximum atomic E-state index is 13.2. The van der Waals surface area contributed by atoms with Gasteiger partial charge in [-0.05, 0) is 49.5 Å². The van der Waals surface area contributed by atoms with Crippen molar-refractivity contribution in [2.75, 3.05) is 43.9 Å². The predicted molar refractivity (Wildman–Crippen MR) is 136 cm³/mol. The summed E-state index contributed by atoms with van der Waals surface area (Å²) in [5.41, 5.74) is 0.797. The number of nitrogens with zero attached hydrogens (tertiary/aromatic N) is 3. The minimum absolute atomic E-state index is 0. The largest absolute Gasteiger partial charge is 0.494 e. The molecule has 1 heterocycles. The van der Waals surface area contributed by atoms with Crippen LogP contribution in [-0.2, 0) is 4.79 Å². The van der Waals surface area contributed by atoms with Crippen LogP contribution in [0.2, 0.25) is 5.02 Å². The average molecular weight is 501 g/mol. The zero-order valence-corrected chi connectivity index (χ0v) is 21.0. The van der Waals surface area contributed by atoms with Crippen LogP contribution in [0.15, 0.2) is 47.4 Å². The van der Waals surface area contributed by atoms with Crippen LogP contribution in [0.5, 0.6) is 5.75 Å². The Bertz CT molecular complexity index is 979. The van der Waals surface area contributed by atoms with Crippen molar-refractivity contribution in [2.45, 2.75) is 18.7 Å².